The van der Waals surface area contributed by atoms with Gasteiger partial charge in [-0.05, 0) is 29.8 Å². The fourth-order valence-corrected chi connectivity index (χ4v) is 3.43. The summed E-state index contributed by atoms with van der Waals surface area (Å²) in [6, 6.07) is 18.3. The molecule has 0 atom stereocenters. The molecular formula is C18H12N2S. The van der Waals surface area contributed by atoms with Crippen molar-refractivity contribution in [3.05, 3.63) is 77.9 Å². The fourth-order valence-electron chi connectivity index (χ4n) is 2.48. The van der Waals surface area contributed by atoms with Crippen molar-refractivity contribution < 1.29 is 0 Å². The Morgan fingerprint density at radius 1 is 0.905 bits per heavy atom. The van der Waals surface area contributed by atoms with E-state index in [4.69, 9.17) is 4.98 Å². The number of para-hydroxylation sites is 2. The third-order valence-corrected chi connectivity index (χ3v) is 4.62. The second-order valence-corrected chi connectivity index (χ2v) is 5.87. The van der Waals surface area contributed by atoms with Crippen LogP contribution in [0.1, 0.15) is 10.6 Å². The van der Waals surface area contributed by atoms with Crippen LogP contribution in [0.3, 0.4) is 0 Å². The van der Waals surface area contributed by atoms with Crippen LogP contribution in [0.2, 0.25) is 0 Å². The van der Waals surface area contributed by atoms with E-state index >= 15 is 0 Å². The third kappa shape index (κ3) is 2.03. The molecule has 0 aliphatic heterocycles. The minimum atomic E-state index is 0.954. The van der Waals surface area contributed by atoms with Gasteiger partial charge in [0.2, 0.25) is 0 Å². The summed E-state index contributed by atoms with van der Waals surface area (Å²) in [5.41, 5.74) is 4.06. The van der Waals surface area contributed by atoms with Crippen molar-refractivity contribution in [2.24, 2.45) is 0 Å². The Bertz CT molecular complexity index is 931. The molecule has 0 saturated heterocycles. The van der Waals surface area contributed by atoms with Crippen LogP contribution >= 0.6 is 11.3 Å². The van der Waals surface area contributed by atoms with Crippen molar-refractivity contribution >= 4 is 38.0 Å². The predicted molar refractivity (Wildman–Crippen MR) is 89.5 cm³/mol. The molecule has 0 saturated carbocycles. The standard InChI is InChI=1S/C18H12N2S/c1-12(18-20-16-8-4-5-9-17(16)21-18)13-10-11-19-15-7-3-2-6-14(13)15/h2-11H,1H2. The molecule has 0 fully saturated rings. The number of hydrogen-bond acceptors (Lipinski definition) is 3. The highest BCUT2D eigenvalue weighted by molar-refractivity contribution is 7.19. The first-order chi connectivity index (χ1) is 10.3. The molecule has 100 valence electrons. The zero-order valence-corrected chi connectivity index (χ0v) is 12.1. The van der Waals surface area contributed by atoms with Gasteiger partial charge in [-0.25, -0.2) is 4.98 Å². The highest BCUT2D eigenvalue weighted by atomic mass is 32.1. The van der Waals surface area contributed by atoms with Gasteiger partial charge >= 0.3 is 0 Å². The molecule has 2 aromatic carbocycles. The first kappa shape index (κ1) is 12.2. The quantitative estimate of drug-likeness (QED) is 0.524. The summed E-state index contributed by atoms with van der Waals surface area (Å²) in [7, 11) is 0. The Hall–Kier alpha value is -2.52. The lowest BCUT2D eigenvalue weighted by Crippen LogP contribution is -1.89. The summed E-state index contributed by atoms with van der Waals surface area (Å²) in [5.74, 6) is 0. The largest absolute Gasteiger partial charge is 0.256 e. The van der Waals surface area contributed by atoms with E-state index in [0.717, 1.165) is 32.6 Å². The molecule has 21 heavy (non-hydrogen) atoms. The Balaban J connectivity index is 1.90. The summed E-state index contributed by atoms with van der Waals surface area (Å²) in [5, 5.41) is 2.08. The molecule has 0 N–H and O–H groups in total. The van der Waals surface area contributed by atoms with E-state index < -0.39 is 0 Å². The summed E-state index contributed by atoms with van der Waals surface area (Å²) in [4.78, 5) is 9.10. The maximum absolute atomic E-state index is 4.69. The highest BCUT2D eigenvalue weighted by Gasteiger charge is 2.11. The summed E-state index contributed by atoms with van der Waals surface area (Å²) >= 11 is 1.68. The summed E-state index contributed by atoms with van der Waals surface area (Å²) in [6.45, 7) is 4.26. The van der Waals surface area contributed by atoms with E-state index in [9.17, 15) is 0 Å². The van der Waals surface area contributed by atoms with Crippen molar-refractivity contribution in [1.82, 2.24) is 9.97 Å². The molecule has 0 amide bonds. The van der Waals surface area contributed by atoms with E-state index in [2.05, 4.69) is 23.7 Å². The number of rotatable bonds is 2. The lowest BCUT2D eigenvalue weighted by atomic mass is 10.0. The van der Waals surface area contributed by atoms with Crippen LogP contribution in [0.4, 0.5) is 0 Å². The van der Waals surface area contributed by atoms with Crippen molar-refractivity contribution in [3.8, 4) is 0 Å². The van der Waals surface area contributed by atoms with Crippen LogP contribution in [0, 0.1) is 0 Å². The fraction of sp³-hybridized carbons (Fsp3) is 0. The van der Waals surface area contributed by atoms with Gasteiger partial charge in [-0.3, -0.25) is 4.98 Å². The molecule has 4 rings (SSSR count). The number of benzene rings is 2. The van der Waals surface area contributed by atoms with Gasteiger partial charge in [-0.1, -0.05) is 36.9 Å². The van der Waals surface area contributed by atoms with Gasteiger partial charge < -0.3 is 0 Å². The minimum absolute atomic E-state index is 0.954. The zero-order chi connectivity index (χ0) is 14.2. The maximum atomic E-state index is 4.69. The Morgan fingerprint density at radius 2 is 1.67 bits per heavy atom. The second kappa shape index (κ2) is 4.79. The Morgan fingerprint density at radius 3 is 2.52 bits per heavy atom. The third-order valence-electron chi connectivity index (χ3n) is 3.53. The van der Waals surface area contributed by atoms with E-state index in [0.29, 0.717) is 0 Å². The van der Waals surface area contributed by atoms with Gasteiger partial charge in [0.1, 0.15) is 5.01 Å². The molecular weight excluding hydrogens is 276 g/mol. The monoisotopic (exact) mass is 288 g/mol. The number of thiazole rings is 1. The molecule has 0 bridgehead atoms. The van der Waals surface area contributed by atoms with E-state index in [-0.39, 0.29) is 0 Å². The number of pyridine rings is 1. The first-order valence-electron chi connectivity index (χ1n) is 6.72. The van der Waals surface area contributed by atoms with Gasteiger partial charge in [0, 0.05) is 17.2 Å². The highest BCUT2D eigenvalue weighted by Crippen LogP contribution is 2.32. The lowest BCUT2D eigenvalue weighted by Gasteiger charge is -2.06. The van der Waals surface area contributed by atoms with Crippen LogP contribution in [-0.4, -0.2) is 9.97 Å². The number of aromatic nitrogens is 2. The van der Waals surface area contributed by atoms with Gasteiger partial charge in [0.25, 0.3) is 0 Å². The Labute approximate surface area is 126 Å². The molecule has 2 heterocycles. The number of hydrogen-bond donors (Lipinski definition) is 0. The molecule has 0 unspecified atom stereocenters. The molecule has 0 spiro atoms. The topological polar surface area (TPSA) is 25.8 Å². The molecule has 2 aromatic heterocycles. The SMILES string of the molecule is C=C(c1nc2ccccc2s1)c1ccnc2ccccc12. The second-order valence-electron chi connectivity index (χ2n) is 4.84. The van der Waals surface area contributed by atoms with Crippen molar-refractivity contribution in [1.29, 1.82) is 0 Å². The molecule has 4 aromatic rings. The zero-order valence-electron chi connectivity index (χ0n) is 11.3. The predicted octanol–water partition coefficient (Wildman–Crippen LogP) is 4.91. The van der Waals surface area contributed by atoms with E-state index in [1.54, 1.807) is 11.3 Å². The van der Waals surface area contributed by atoms with Crippen LogP contribution in [0.5, 0.6) is 0 Å². The molecule has 0 aliphatic carbocycles. The average molecular weight is 288 g/mol. The molecule has 0 aliphatic rings. The maximum Gasteiger partial charge on any atom is 0.124 e. The van der Waals surface area contributed by atoms with Crippen molar-refractivity contribution in [2.75, 3.05) is 0 Å². The Kier molecular flexibility index (Phi) is 2.79. The first-order valence-corrected chi connectivity index (χ1v) is 7.53. The smallest absolute Gasteiger partial charge is 0.124 e. The molecule has 3 heteroatoms. The van der Waals surface area contributed by atoms with Crippen LogP contribution in [0.25, 0.3) is 26.7 Å². The van der Waals surface area contributed by atoms with Crippen LogP contribution < -0.4 is 0 Å². The van der Waals surface area contributed by atoms with Gasteiger partial charge in [-0.15, -0.1) is 11.3 Å². The van der Waals surface area contributed by atoms with Gasteiger partial charge in [-0.2, -0.15) is 0 Å². The van der Waals surface area contributed by atoms with E-state index in [1.165, 1.54) is 4.70 Å². The van der Waals surface area contributed by atoms with E-state index in [1.807, 2.05) is 48.7 Å². The summed E-state index contributed by atoms with van der Waals surface area (Å²) in [6.07, 6.45) is 1.83. The lowest BCUT2D eigenvalue weighted by molar-refractivity contribution is 1.39. The van der Waals surface area contributed by atoms with Gasteiger partial charge in [0.15, 0.2) is 0 Å². The van der Waals surface area contributed by atoms with Crippen LogP contribution in [0.15, 0.2) is 67.4 Å². The molecule has 2 nitrogen and oxygen atoms in total. The van der Waals surface area contributed by atoms with Gasteiger partial charge in [0.05, 0.1) is 15.7 Å². The average Bonchev–Trinajstić information content (AvgIpc) is 2.97. The van der Waals surface area contributed by atoms with Crippen molar-refractivity contribution in [3.63, 3.8) is 0 Å². The normalized spacial score (nSPS) is 11.0. The van der Waals surface area contributed by atoms with Crippen LogP contribution in [-0.2, 0) is 0 Å². The molecule has 0 radical (unpaired) electrons. The minimum Gasteiger partial charge on any atom is -0.256 e. The number of fused-ring (bicyclic) bond motifs is 2. The summed E-state index contributed by atoms with van der Waals surface area (Å²) < 4.78 is 1.19. The van der Waals surface area contributed by atoms with Crippen molar-refractivity contribution in [2.45, 2.75) is 0 Å². The number of nitrogens with zero attached hydrogens (tertiary/aromatic N) is 2.